The van der Waals surface area contributed by atoms with E-state index in [0.717, 1.165) is 19.5 Å². The molecule has 0 saturated carbocycles. The second kappa shape index (κ2) is 7.22. The van der Waals surface area contributed by atoms with E-state index in [0.29, 0.717) is 16.1 Å². The van der Waals surface area contributed by atoms with Gasteiger partial charge in [-0.25, -0.2) is 0 Å². The summed E-state index contributed by atoms with van der Waals surface area (Å²) in [5, 5.41) is 4.70. The molecule has 17 heavy (non-hydrogen) atoms. The number of hydrogen-bond acceptors (Lipinski definition) is 2. The van der Waals surface area contributed by atoms with Gasteiger partial charge < -0.3 is 10.2 Å². The number of rotatable bonds is 6. The Balaban J connectivity index is 2.77. The topological polar surface area (TPSA) is 15.3 Å². The third-order valence-electron chi connectivity index (χ3n) is 2.66. The molecule has 0 amide bonds. The third-order valence-corrected chi connectivity index (χ3v) is 3.40. The first-order valence-corrected chi connectivity index (χ1v) is 6.63. The summed E-state index contributed by atoms with van der Waals surface area (Å²) < 4.78 is 0. The minimum Gasteiger partial charge on any atom is -0.310 e. The fraction of sp³-hybridized carbons (Fsp3) is 0.538. The zero-order chi connectivity index (χ0) is 12.8. The van der Waals surface area contributed by atoms with Crippen LogP contribution in [0, 0.1) is 0 Å². The molecule has 0 bridgehead atoms. The number of nitrogens with one attached hydrogen (secondary N) is 1. The maximum absolute atomic E-state index is 6.05. The van der Waals surface area contributed by atoms with Crippen LogP contribution in [0.5, 0.6) is 0 Å². The molecule has 1 atom stereocenters. The molecule has 0 aromatic heterocycles. The van der Waals surface area contributed by atoms with Crippen LogP contribution >= 0.6 is 23.2 Å². The SMILES string of the molecule is CCNC(CCN(C)C)c1ccc(Cl)c(Cl)c1. The lowest BCUT2D eigenvalue weighted by Gasteiger charge is -2.21. The molecule has 1 aromatic carbocycles. The van der Waals surface area contributed by atoms with Gasteiger partial charge in [0.1, 0.15) is 0 Å². The Morgan fingerprint density at radius 3 is 2.47 bits per heavy atom. The van der Waals surface area contributed by atoms with Gasteiger partial charge in [0.15, 0.2) is 0 Å². The Bertz CT molecular complexity index is 353. The molecule has 0 spiro atoms. The molecule has 0 aliphatic carbocycles. The van der Waals surface area contributed by atoms with Crippen LogP contribution in [0.15, 0.2) is 18.2 Å². The summed E-state index contributed by atoms with van der Waals surface area (Å²) in [6.45, 7) is 4.09. The molecule has 0 heterocycles. The van der Waals surface area contributed by atoms with Crippen molar-refractivity contribution in [1.82, 2.24) is 10.2 Å². The van der Waals surface area contributed by atoms with Crippen molar-refractivity contribution >= 4 is 23.2 Å². The van der Waals surface area contributed by atoms with Gasteiger partial charge in [-0.3, -0.25) is 0 Å². The van der Waals surface area contributed by atoms with Gasteiger partial charge in [-0.1, -0.05) is 36.2 Å². The van der Waals surface area contributed by atoms with Crippen LogP contribution in [0.1, 0.15) is 24.9 Å². The standard InChI is InChI=1S/C13H20Cl2N2/c1-4-16-13(7-8-17(2)3)10-5-6-11(14)12(15)9-10/h5-6,9,13,16H,4,7-8H2,1-3H3. The van der Waals surface area contributed by atoms with Crippen molar-refractivity contribution < 1.29 is 0 Å². The maximum Gasteiger partial charge on any atom is 0.0595 e. The molecule has 0 aliphatic rings. The Morgan fingerprint density at radius 2 is 1.94 bits per heavy atom. The van der Waals surface area contributed by atoms with Gasteiger partial charge in [0, 0.05) is 6.04 Å². The summed E-state index contributed by atoms with van der Waals surface area (Å²) in [5.41, 5.74) is 1.20. The summed E-state index contributed by atoms with van der Waals surface area (Å²) in [6, 6.07) is 6.18. The van der Waals surface area contributed by atoms with Crippen LogP contribution in [0.25, 0.3) is 0 Å². The van der Waals surface area contributed by atoms with Gasteiger partial charge in [-0.15, -0.1) is 0 Å². The lowest BCUT2D eigenvalue weighted by molar-refractivity contribution is 0.363. The zero-order valence-corrected chi connectivity index (χ0v) is 12.1. The van der Waals surface area contributed by atoms with Crippen LogP contribution in [0.4, 0.5) is 0 Å². The molecule has 1 unspecified atom stereocenters. The lowest BCUT2D eigenvalue weighted by Crippen LogP contribution is -2.25. The van der Waals surface area contributed by atoms with E-state index in [9.17, 15) is 0 Å². The van der Waals surface area contributed by atoms with Gasteiger partial charge in [0.2, 0.25) is 0 Å². The highest BCUT2D eigenvalue weighted by atomic mass is 35.5. The molecule has 0 saturated heterocycles. The van der Waals surface area contributed by atoms with E-state index in [-0.39, 0.29) is 0 Å². The first-order chi connectivity index (χ1) is 8.04. The van der Waals surface area contributed by atoms with E-state index in [4.69, 9.17) is 23.2 Å². The van der Waals surface area contributed by atoms with E-state index in [1.54, 1.807) is 0 Å². The fourth-order valence-corrected chi connectivity index (χ4v) is 2.06. The van der Waals surface area contributed by atoms with Crippen molar-refractivity contribution in [2.45, 2.75) is 19.4 Å². The molecule has 0 aliphatic heterocycles. The fourth-order valence-electron chi connectivity index (χ4n) is 1.75. The summed E-state index contributed by atoms with van der Waals surface area (Å²) in [4.78, 5) is 2.18. The molecule has 96 valence electrons. The van der Waals surface area contributed by atoms with Crippen molar-refractivity contribution in [2.24, 2.45) is 0 Å². The van der Waals surface area contributed by atoms with Crippen molar-refractivity contribution in [1.29, 1.82) is 0 Å². The van der Waals surface area contributed by atoms with Crippen LogP contribution in [-0.2, 0) is 0 Å². The average molecular weight is 275 g/mol. The second-order valence-corrected chi connectivity index (χ2v) is 5.19. The summed E-state index contributed by atoms with van der Waals surface area (Å²) >= 11 is 12.0. The molecule has 1 rings (SSSR count). The molecule has 4 heteroatoms. The smallest absolute Gasteiger partial charge is 0.0595 e. The number of hydrogen-bond donors (Lipinski definition) is 1. The van der Waals surface area contributed by atoms with Crippen LogP contribution in [-0.4, -0.2) is 32.1 Å². The quantitative estimate of drug-likeness (QED) is 0.853. The molecule has 0 fully saturated rings. The van der Waals surface area contributed by atoms with Crippen LogP contribution < -0.4 is 5.32 Å². The Hall–Kier alpha value is -0.280. The van der Waals surface area contributed by atoms with Gasteiger partial charge in [0.05, 0.1) is 10.0 Å². The average Bonchev–Trinajstić information content (AvgIpc) is 2.28. The molecular formula is C13H20Cl2N2. The highest BCUT2D eigenvalue weighted by Crippen LogP contribution is 2.26. The third kappa shape index (κ3) is 4.84. The predicted molar refractivity (Wildman–Crippen MR) is 76.1 cm³/mol. The lowest BCUT2D eigenvalue weighted by atomic mass is 10.0. The maximum atomic E-state index is 6.05. The Labute approximate surface area is 114 Å². The first-order valence-electron chi connectivity index (χ1n) is 5.87. The summed E-state index contributed by atoms with van der Waals surface area (Å²) in [5.74, 6) is 0. The van der Waals surface area contributed by atoms with Crippen molar-refractivity contribution in [3.05, 3.63) is 33.8 Å². The van der Waals surface area contributed by atoms with E-state index < -0.39 is 0 Å². The van der Waals surface area contributed by atoms with E-state index in [2.05, 4.69) is 31.2 Å². The minimum atomic E-state index is 0.331. The minimum absolute atomic E-state index is 0.331. The number of benzene rings is 1. The van der Waals surface area contributed by atoms with Crippen molar-refractivity contribution in [3.8, 4) is 0 Å². The van der Waals surface area contributed by atoms with Gasteiger partial charge in [-0.2, -0.15) is 0 Å². The van der Waals surface area contributed by atoms with Crippen molar-refractivity contribution in [2.75, 3.05) is 27.2 Å². The zero-order valence-electron chi connectivity index (χ0n) is 10.6. The van der Waals surface area contributed by atoms with Crippen LogP contribution in [0.2, 0.25) is 10.0 Å². The largest absolute Gasteiger partial charge is 0.310 e. The monoisotopic (exact) mass is 274 g/mol. The Kier molecular flexibility index (Phi) is 6.28. The molecule has 1 N–H and O–H groups in total. The van der Waals surface area contributed by atoms with E-state index in [1.807, 2.05) is 18.2 Å². The number of nitrogens with zero attached hydrogens (tertiary/aromatic N) is 1. The second-order valence-electron chi connectivity index (χ2n) is 4.38. The normalized spacial score (nSPS) is 13.1. The molecule has 2 nitrogen and oxygen atoms in total. The van der Waals surface area contributed by atoms with Gasteiger partial charge in [-0.05, 0) is 51.3 Å². The highest BCUT2D eigenvalue weighted by Gasteiger charge is 2.11. The van der Waals surface area contributed by atoms with Gasteiger partial charge in [0.25, 0.3) is 0 Å². The number of halogens is 2. The van der Waals surface area contributed by atoms with E-state index in [1.165, 1.54) is 5.56 Å². The highest BCUT2D eigenvalue weighted by molar-refractivity contribution is 6.42. The van der Waals surface area contributed by atoms with Crippen molar-refractivity contribution in [3.63, 3.8) is 0 Å². The summed E-state index contributed by atoms with van der Waals surface area (Å²) in [7, 11) is 4.16. The Morgan fingerprint density at radius 1 is 1.24 bits per heavy atom. The van der Waals surface area contributed by atoms with Crippen LogP contribution in [0.3, 0.4) is 0 Å². The van der Waals surface area contributed by atoms with Gasteiger partial charge >= 0.3 is 0 Å². The summed E-state index contributed by atoms with van der Waals surface area (Å²) in [6.07, 6.45) is 1.05. The first kappa shape index (κ1) is 14.8. The predicted octanol–water partition coefficient (Wildman–Crippen LogP) is 3.60. The molecule has 1 aromatic rings. The van der Waals surface area contributed by atoms with E-state index >= 15 is 0 Å². The molecular weight excluding hydrogens is 255 g/mol. The molecule has 0 radical (unpaired) electrons.